The van der Waals surface area contributed by atoms with Crippen LogP contribution in [-0.4, -0.2) is 22.3 Å². The molecule has 0 aliphatic rings. The lowest BCUT2D eigenvalue weighted by Crippen LogP contribution is -2.00. The summed E-state index contributed by atoms with van der Waals surface area (Å²) in [5.74, 6) is -0.701. The molecule has 0 radical (unpaired) electrons. The van der Waals surface area contributed by atoms with Crippen LogP contribution in [0, 0.1) is 0 Å². The van der Waals surface area contributed by atoms with Gasteiger partial charge in [0, 0.05) is 6.42 Å². The van der Waals surface area contributed by atoms with Gasteiger partial charge < -0.3 is 10.2 Å². The number of hydrogen-bond acceptors (Lipinski definition) is 2. The molecule has 0 aliphatic heterocycles. The molecule has 0 aliphatic carbocycles. The summed E-state index contributed by atoms with van der Waals surface area (Å²) in [7, 11) is 0. The standard InChI is InChI=1S/C17H30O3/c1-2-3-10-13-16(18)14-11-8-6-4-5-7-9-12-15-17(19)20/h6,8,11,14,16,18H,2-5,7,9-10,12-13,15H2,1H3,(H,19,20)/b8-6+,14-11+/t16-/m1/s1. The molecule has 1 atom stereocenters. The zero-order chi connectivity index (χ0) is 15.1. The van der Waals surface area contributed by atoms with Gasteiger partial charge in [-0.2, -0.15) is 0 Å². The number of carboxylic acid groups (broad SMARTS) is 1. The second-order valence-electron chi connectivity index (χ2n) is 5.22. The van der Waals surface area contributed by atoms with Gasteiger partial charge in [0.25, 0.3) is 0 Å². The summed E-state index contributed by atoms with van der Waals surface area (Å²) in [6.07, 6.45) is 17.1. The number of aliphatic hydroxyl groups is 1. The van der Waals surface area contributed by atoms with Crippen LogP contribution in [0.15, 0.2) is 24.3 Å². The molecule has 0 fully saturated rings. The maximum absolute atomic E-state index is 10.3. The number of aliphatic carboxylic acids is 1. The van der Waals surface area contributed by atoms with Crippen LogP contribution in [0.5, 0.6) is 0 Å². The maximum Gasteiger partial charge on any atom is 0.303 e. The van der Waals surface area contributed by atoms with E-state index in [-0.39, 0.29) is 12.5 Å². The molecule has 0 amide bonds. The molecule has 0 rings (SSSR count). The molecule has 0 spiro atoms. The average Bonchev–Trinajstić information content (AvgIpc) is 2.41. The highest BCUT2D eigenvalue weighted by Crippen LogP contribution is 2.06. The zero-order valence-electron chi connectivity index (χ0n) is 12.8. The second kappa shape index (κ2) is 14.3. The van der Waals surface area contributed by atoms with Crippen molar-refractivity contribution in [2.45, 2.75) is 77.2 Å². The van der Waals surface area contributed by atoms with Crippen molar-refractivity contribution < 1.29 is 15.0 Å². The summed E-state index contributed by atoms with van der Waals surface area (Å²) in [5, 5.41) is 18.1. The minimum atomic E-state index is -0.701. The van der Waals surface area contributed by atoms with Crippen molar-refractivity contribution in [1.29, 1.82) is 0 Å². The summed E-state index contributed by atoms with van der Waals surface area (Å²) < 4.78 is 0. The van der Waals surface area contributed by atoms with E-state index in [1.54, 1.807) is 0 Å². The molecule has 20 heavy (non-hydrogen) atoms. The molecular formula is C17H30O3. The lowest BCUT2D eigenvalue weighted by atomic mass is 10.1. The van der Waals surface area contributed by atoms with E-state index in [2.05, 4.69) is 13.0 Å². The first-order valence-electron chi connectivity index (χ1n) is 7.90. The smallest absolute Gasteiger partial charge is 0.303 e. The molecule has 3 nitrogen and oxygen atoms in total. The van der Waals surface area contributed by atoms with Crippen LogP contribution in [0.25, 0.3) is 0 Å². The Morgan fingerprint density at radius 1 is 1.05 bits per heavy atom. The number of aliphatic hydroxyl groups excluding tert-OH is 1. The molecule has 2 N–H and O–H groups in total. The number of allylic oxidation sites excluding steroid dienone is 3. The molecule has 0 aromatic heterocycles. The number of carbonyl (C=O) groups is 1. The molecule has 0 heterocycles. The maximum atomic E-state index is 10.3. The summed E-state index contributed by atoms with van der Waals surface area (Å²) >= 11 is 0. The third-order valence-corrected chi connectivity index (χ3v) is 3.20. The molecule has 0 unspecified atom stereocenters. The van der Waals surface area contributed by atoms with Crippen molar-refractivity contribution in [3.05, 3.63) is 24.3 Å². The summed E-state index contributed by atoms with van der Waals surface area (Å²) in [6.45, 7) is 2.16. The van der Waals surface area contributed by atoms with E-state index in [1.807, 2.05) is 18.2 Å². The van der Waals surface area contributed by atoms with Crippen molar-refractivity contribution in [2.24, 2.45) is 0 Å². The molecule has 0 bridgehead atoms. The van der Waals surface area contributed by atoms with Crippen LogP contribution in [0.3, 0.4) is 0 Å². The van der Waals surface area contributed by atoms with Crippen LogP contribution >= 0.6 is 0 Å². The van der Waals surface area contributed by atoms with Gasteiger partial charge in [-0.15, -0.1) is 0 Å². The highest BCUT2D eigenvalue weighted by Gasteiger charge is 1.97. The predicted octanol–water partition coefficient (Wildman–Crippen LogP) is 4.47. The van der Waals surface area contributed by atoms with Gasteiger partial charge in [0.1, 0.15) is 0 Å². The normalized spacial score (nSPS) is 13.3. The average molecular weight is 282 g/mol. The van der Waals surface area contributed by atoms with Crippen molar-refractivity contribution in [3.63, 3.8) is 0 Å². The predicted molar refractivity (Wildman–Crippen MR) is 83.8 cm³/mol. The Labute approximate surface area is 123 Å². The minimum Gasteiger partial charge on any atom is -0.481 e. The van der Waals surface area contributed by atoms with Crippen LogP contribution in [-0.2, 0) is 4.79 Å². The van der Waals surface area contributed by atoms with Crippen LogP contribution in [0.1, 0.15) is 71.1 Å². The first kappa shape index (κ1) is 18.9. The second-order valence-corrected chi connectivity index (χ2v) is 5.22. The van der Waals surface area contributed by atoms with Gasteiger partial charge in [0.15, 0.2) is 0 Å². The largest absolute Gasteiger partial charge is 0.481 e. The number of hydrogen-bond donors (Lipinski definition) is 2. The van der Waals surface area contributed by atoms with E-state index in [0.717, 1.165) is 44.9 Å². The van der Waals surface area contributed by atoms with E-state index in [1.165, 1.54) is 12.8 Å². The van der Waals surface area contributed by atoms with Gasteiger partial charge >= 0.3 is 5.97 Å². The molecule has 116 valence electrons. The number of rotatable bonds is 13. The van der Waals surface area contributed by atoms with E-state index < -0.39 is 5.97 Å². The Balaban J connectivity index is 3.40. The van der Waals surface area contributed by atoms with Crippen molar-refractivity contribution in [2.75, 3.05) is 0 Å². The first-order chi connectivity index (χ1) is 9.66. The minimum absolute atomic E-state index is 0.286. The third-order valence-electron chi connectivity index (χ3n) is 3.20. The summed E-state index contributed by atoms with van der Waals surface area (Å²) in [4.78, 5) is 10.3. The lowest BCUT2D eigenvalue weighted by Gasteiger charge is -2.03. The fourth-order valence-electron chi connectivity index (χ4n) is 1.96. The topological polar surface area (TPSA) is 57.5 Å². The van der Waals surface area contributed by atoms with Gasteiger partial charge in [0.05, 0.1) is 6.10 Å². The fraction of sp³-hybridized carbons (Fsp3) is 0.706. The van der Waals surface area contributed by atoms with Gasteiger partial charge in [-0.3, -0.25) is 4.79 Å². The fourth-order valence-corrected chi connectivity index (χ4v) is 1.96. The van der Waals surface area contributed by atoms with E-state index in [9.17, 15) is 9.90 Å². The Hall–Kier alpha value is -1.09. The molecule has 0 aromatic carbocycles. The van der Waals surface area contributed by atoms with Crippen LogP contribution in [0.2, 0.25) is 0 Å². The highest BCUT2D eigenvalue weighted by molar-refractivity contribution is 5.66. The Morgan fingerprint density at radius 2 is 1.80 bits per heavy atom. The molecule has 0 saturated heterocycles. The Bertz CT molecular complexity index is 282. The van der Waals surface area contributed by atoms with Gasteiger partial charge in [-0.25, -0.2) is 0 Å². The van der Waals surface area contributed by atoms with E-state index in [0.29, 0.717) is 0 Å². The number of unbranched alkanes of at least 4 members (excludes halogenated alkanes) is 6. The molecule has 3 heteroatoms. The van der Waals surface area contributed by atoms with Gasteiger partial charge in [-0.1, -0.05) is 63.3 Å². The molecular weight excluding hydrogens is 252 g/mol. The quantitative estimate of drug-likeness (QED) is 0.387. The zero-order valence-corrected chi connectivity index (χ0v) is 12.8. The highest BCUT2D eigenvalue weighted by atomic mass is 16.4. The van der Waals surface area contributed by atoms with Crippen molar-refractivity contribution >= 4 is 5.97 Å². The SMILES string of the molecule is CCCCC[C@@H](O)/C=C/C=C/CCCCCCC(=O)O. The Kier molecular flexibility index (Phi) is 13.5. The molecule has 0 aromatic rings. The number of carboxylic acids is 1. The monoisotopic (exact) mass is 282 g/mol. The Morgan fingerprint density at radius 3 is 2.50 bits per heavy atom. The summed E-state index contributed by atoms with van der Waals surface area (Å²) in [6, 6.07) is 0. The summed E-state index contributed by atoms with van der Waals surface area (Å²) in [5.41, 5.74) is 0. The van der Waals surface area contributed by atoms with Crippen LogP contribution in [0.4, 0.5) is 0 Å². The van der Waals surface area contributed by atoms with Crippen LogP contribution < -0.4 is 0 Å². The van der Waals surface area contributed by atoms with Crippen molar-refractivity contribution in [1.82, 2.24) is 0 Å². The first-order valence-corrected chi connectivity index (χ1v) is 7.90. The van der Waals surface area contributed by atoms with Gasteiger partial charge in [-0.05, 0) is 25.7 Å². The lowest BCUT2D eigenvalue weighted by molar-refractivity contribution is -0.137. The van der Waals surface area contributed by atoms with E-state index >= 15 is 0 Å². The van der Waals surface area contributed by atoms with E-state index in [4.69, 9.17) is 5.11 Å². The third kappa shape index (κ3) is 15.0. The van der Waals surface area contributed by atoms with Crippen molar-refractivity contribution in [3.8, 4) is 0 Å². The van der Waals surface area contributed by atoms with Gasteiger partial charge in [0.2, 0.25) is 0 Å². The molecule has 0 saturated carbocycles.